The Morgan fingerprint density at radius 1 is 1.17 bits per heavy atom. The molecule has 0 aromatic heterocycles. The molecule has 0 aliphatic rings. The summed E-state index contributed by atoms with van der Waals surface area (Å²) in [6.07, 6.45) is 0.821. The first-order valence-corrected chi connectivity index (χ1v) is 5.78. The maximum Gasteiger partial charge on any atom is 0.488 e. The molecular formula is C12H19BO5. The highest BCUT2D eigenvalue weighted by Crippen LogP contribution is 2.17. The number of methoxy groups -OCH3 is 2. The highest BCUT2D eigenvalue weighted by Gasteiger charge is 2.13. The van der Waals surface area contributed by atoms with Gasteiger partial charge in [0, 0.05) is 25.9 Å². The largest absolute Gasteiger partial charge is 0.496 e. The van der Waals surface area contributed by atoms with Gasteiger partial charge in [-0.1, -0.05) is 12.1 Å². The Morgan fingerprint density at radius 3 is 2.56 bits per heavy atom. The Morgan fingerprint density at radius 2 is 1.94 bits per heavy atom. The SMILES string of the molecule is COCCCOCc1cc(B(O)O)ccc1OC. The molecule has 1 aromatic rings. The van der Waals surface area contributed by atoms with Crippen molar-refractivity contribution in [3.05, 3.63) is 23.8 Å². The summed E-state index contributed by atoms with van der Waals surface area (Å²) in [6, 6.07) is 4.97. The molecule has 6 heteroatoms. The van der Waals surface area contributed by atoms with Crippen LogP contribution in [0.15, 0.2) is 18.2 Å². The smallest absolute Gasteiger partial charge is 0.488 e. The summed E-state index contributed by atoms with van der Waals surface area (Å²) in [5, 5.41) is 18.2. The number of hydrogen-bond acceptors (Lipinski definition) is 5. The van der Waals surface area contributed by atoms with Crippen LogP contribution in [0.3, 0.4) is 0 Å². The van der Waals surface area contributed by atoms with Crippen LogP contribution in [0.5, 0.6) is 5.75 Å². The highest BCUT2D eigenvalue weighted by molar-refractivity contribution is 6.58. The number of benzene rings is 1. The Bertz CT molecular complexity index is 356. The fraction of sp³-hybridized carbons (Fsp3) is 0.500. The van der Waals surface area contributed by atoms with Gasteiger partial charge >= 0.3 is 7.12 Å². The van der Waals surface area contributed by atoms with Crippen molar-refractivity contribution < 1.29 is 24.3 Å². The van der Waals surface area contributed by atoms with Crippen molar-refractivity contribution >= 4 is 12.6 Å². The molecule has 0 heterocycles. The van der Waals surface area contributed by atoms with Gasteiger partial charge in [-0.2, -0.15) is 0 Å². The van der Waals surface area contributed by atoms with Gasteiger partial charge in [-0.05, 0) is 17.9 Å². The van der Waals surface area contributed by atoms with Gasteiger partial charge in [-0.3, -0.25) is 0 Å². The van der Waals surface area contributed by atoms with Gasteiger partial charge in [0.05, 0.1) is 13.7 Å². The first-order chi connectivity index (χ1) is 8.69. The Balaban J connectivity index is 2.58. The maximum atomic E-state index is 9.11. The van der Waals surface area contributed by atoms with Crippen molar-refractivity contribution in [2.45, 2.75) is 13.0 Å². The van der Waals surface area contributed by atoms with Crippen LogP contribution in [0.2, 0.25) is 0 Å². The topological polar surface area (TPSA) is 68.2 Å². The summed E-state index contributed by atoms with van der Waals surface area (Å²) >= 11 is 0. The number of hydrogen-bond donors (Lipinski definition) is 2. The zero-order valence-corrected chi connectivity index (χ0v) is 10.8. The maximum absolute atomic E-state index is 9.11. The molecule has 1 aromatic carbocycles. The summed E-state index contributed by atoms with van der Waals surface area (Å²) in [5.74, 6) is 0.672. The van der Waals surface area contributed by atoms with E-state index in [2.05, 4.69) is 0 Å². The fourth-order valence-electron chi connectivity index (χ4n) is 1.56. The molecule has 100 valence electrons. The lowest BCUT2D eigenvalue weighted by Gasteiger charge is -2.11. The first kappa shape index (κ1) is 15.0. The predicted octanol–water partition coefficient (Wildman–Crippen LogP) is -0.0719. The lowest BCUT2D eigenvalue weighted by Crippen LogP contribution is -2.30. The predicted molar refractivity (Wildman–Crippen MR) is 69.0 cm³/mol. The van der Waals surface area contributed by atoms with E-state index in [1.807, 2.05) is 0 Å². The third-order valence-corrected chi connectivity index (χ3v) is 2.50. The van der Waals surface area contributed by atoms with Gasteiger partial charge in [0.1, 0.15) is 5.75 Å². The van der Waals surface area contributed by atoms with Gasteiger partial charge in [-0.25, -0.2) is 0 Å². The quantitative estimate of drug-likeness (QED) is 0.502. The van der Waals surface area contributed by atoms with Crippen molar-refractivity contribution in [3.63, 3.8) is 0 Å². The average molecular weight is 254 g/mol. The van der Waals surface area contributed by atoms with E-state index in [0.29, 0.717) is 31.0 Å². The lowest BCUT2D eigenvalue weighted by atomic mass is 9.79. The Kier molecular flexibility index (Phi) is 6.74. The van der Waals surface area contributed by atoms with Crippen LogP contribution >= 0.6 is 0 Å². The molecule has 0 radical (unpaired) electrons. The zero-order valence-electron chi connectivity index (χ0n) is 10.8. The molecule has 0 aliphatic heterocycles. The molecule has 0 saturated carbocycles. The van der Waals surface area contributed by atoms with E-state index in [1.54, 1.807) is 32.4 Å². The van der Waals surface area contributed by atoms with Crippen LogP contribution in [0, 0.1) is 0 Å². The molecule has 2 N–H and O–H groups in total. The van der Waals surface area contributed by atoms with Crippen molar-refractivity contribution in [3.8, 4) is 5.75 Å². The van der Waals surface area contributed by atoms with Crippen molar-refractivity contribution in [1.82, 2.24) is 0 Å². The first-order valence-electron chi connectivity index (χ1n) is 5.78. The fourth-order valence-corrected chi connectivity index (χ4v) is 1.56. The van der Waals surface area contributed by atoms with Crippen LogP contribution in [0.1, 0.15) is 12.0 Å². The van der Waals surface area contributed by atoms with E-state index in [4.69, 9.17) is 24.3 Å². The molecule has 18 heavy (non-hydrogen) atoms. The van der Waals surface area contributed by atoms with E-state index < -0.39 is 7.12 Å². The highest BCUT2D eigenvalue weighted by atomic mass is 16.5. The molecular weight excluding hydrogens is 235 g/mol. The molecule has 0 spiro atoms. The minimum Gasteiger partial charge on any atom is -0.496 e. The van der Waals surface area contributed by atoms with Crippen molar-refractivity contribution in [2.75, 3.05) is 27.4 Å². The van der Waals surface area contributed by atoms with Gasteiger partial charge in [-0.15, -0.1) is 0 Å². The van der Waals surface area contributed by atoms with Gasteiger partial charge < -0.3 is 24.3 Å². The zero-order chi connectivity index (χ0) is 13.4. The van der Waals surface area contributed by atoms with E-state index >= 15 is 0 Å². The van der Waals surface area contributed by atoms with Crippen molar-refractivity contribution in [2.24, 2.45) is 0 Å². The Hall–Kier alpha value is -1.08. The molecule has 0 fully saturated rings. The molecule has 0 aliphatic carbocycles. The normalized spacial score (nSPS) is 10.4. The number of ether oxygens (including phenoxy) is 3. The van der Waals surface area contributed by atoms with Crippen LogP contribution in [-0.4, -0.2) is 44.6 Å². The van der Waals surface area contributed by atoms with Crippen LogP contribution in [0.25, 0.3) is 0 Å². The molecule has 0 saturated heterocycles. The van der Waals surface area contributed by atoms with E-state index in [9.17, 15) is 0 Å². The summed E-state index contributed by atoms with van der Waals surface area (Å²) in [7, 11) is 1.73. The second-order valence-electron chi connectivity index (χ2n) is 3.84. The minimum absolute atomic E-state index is 0.368. The standard InChI is InChI=1S/C12H19BO5/c1-16-6-3-7-18-9-10-8-11(13(14)15)4-5-12(10)17-2/h4-5,8,14-15H,3,6-7,9H2,1-2H3. The van der Waals surface area contributed by atoms with E-state index in [0.717, 1.165) is 12.0 Å². The van der Waals surface area contributed by atoms with Crippen LogP contribution in [-0.2, 0) is 16.1 Å². The van der Waals surface area contributed by atoms with Crippen LogP contribution < -0.4 is 10.2 Å². The monoisotopic (exact) mass is 254 g/mol. The molecule has 5 nitrogen and oxygen atoms in total. The summed E-state index contributed by atoms with van der Waals surface area (Å²) in [5.41, 5.74) is 1.21. The molecule has 0 unspecified atom stereocenters. The van der Waals surface area contributed by atoms with Gasteiger partial charge in [0.2, 0.25) is 0 Å². The summed E-state index contributed by atoms with van der Waals surface area (Å²) in [4.78, 5) is 0. The summed E-state index contributed by atoms with van der Waals surface area (Å²) in [6.45, 7) is 1.61. The third kappa shape index (κ3) is 4.66. The lowest BCUT2D eigenvalue weighted by molar-refractivity contribution is 0.0917. The average Bonchev–Trinajstić information content (AvgIpc) is 2.38. The minimum atomic E-state index is -1.48. The second kappa shape index (κ2) is 8.10. The van der Waals surface area contributed by atoms with E-state index in [1.165, 1.54) is 0 Å². The molecule has 1 rings (SSSR count). The number of rotatable bonds is 8. The van der Waals surface area contributed by atoms with Crippen molar-refractivity contribution in [1.29, 1.82) is 0 Å². The molecule has 0 amide bonds. The van der Waals surface area contributed by atoms with Crippen LogP contribution in [0.4, 0.5) is 0 Å². The molecule has 0 bridgehead atoms. The van der Waals surface area contributed by atoms with Gasteiger partial charge in [0.25, 0.3) is 0 Å². The third-order valence-electron chi connectivity index (χ3n) is 2.50. The Labute approximate surface area is 107 Å². The van der Waals surface area contributed by atoms with E-state index in [-0.39, 0.29) is 0 Å². The summed E-state index contributed by atoms with van der Waals surface area (Å²) < 4.78 is 15.6. The van der Waals surface area contributed by atoms with Gasteiger partial charge in [0.15, 0.2) is 0 Å². The second-order valence-corrected chi connectivity index (χ2v) is 3.84. The molecule has 0 atom stereocenters.